The Balaban J connectivity index is 1.89. The van der Waals surface area contributed by atoms with Crippen LogP contribution in [0, 0.1) is 0 Å². The summed E-state index contributed by atoms with van der Waals surface area (Å²) < 4.78 is 25.7. The molecule has 1 N–H and O–H groups in total. The summed E-state index contributed by atoms with van der Waals surface area (Å²) in [7, 11) is -0.278. The highest BCUT2D eigenvalue weighted by Crippen LogP contribution is 2.13. The van der Waals surface area contributed by atoms with E-state index in [1.165, 1.54) is 7.05 Å². The van der Waals surface area contributed by atoms with E-state index in [-0.39, 0.29) is 16.8 Å². The fourth-order valence-electron chi connectivity index (χ4n) is 2.50. The van der Waals surface area contributed by atoms with Gasteiger partial charge >= 0.3 is 0 Å². The third-order valence-corrected chi connectivity index (χ3v) is 5.74. The second-order valence-corrected chi connectivity index (χ2v) is 7.99. The molecule has 0 aliphatic carbocycles. The summed E-state index contributed by atoms with van der Waals surface area (Å²) in [4.78, 5) is 22.6. The molecule has 0 aliphatic rings. The number of benzene rings is 1. The molecule has 0 fully saturated rings. The van der Waals surface area contributed by atoms with E-state index in [1.807, 2.05) is 6.92 Å². The number of amides is 1. The molecule has 0 radical (unpaired) electrons. The topological polar surface area (TPSA) is 92.3 Å². The predicted molar refractivity (Wildman–Crippen MR) is 99.0 cm³/mol. The minimum absolute atomic E-state index is 0.0161. The molecule has 0 aliphatic heterocycles. The minimum Gasteiger partial charge on any atom is -0.343 e. The second-order valence-electron chi connectivity index (χ2n) is 6.11. The van der Waals surface area contributed by atoms with E-state index in [1.54, 1.807) is 54.8 Å². The third kappa shape index (κ3) is 5.34. The van der Waals surface area contributed by atoms with E-state index >= 15 is 0 Å². The summed E-state index contributed by atoms with van der Waals surface area (Å²) in [6, 6.07) is 6.58. The van der Waals surface area contributed by atoms with E-state index in [2.05, 4.69) is 14.7 Å². The molecule has 0 saturated heterocycles. The second kappa shape index (κ2) is 8.86. The number of nitrogens with zero attached hydrogens (tertiary/aromatic N) is 3. The number of hydrogen-bond acceptors (Lipinski definition) is 5. The smallest absolute Gasteiger partial charge is 0.240 e. The van der Waals surface area contributed by atoms with E-state index < -0.39 is 10.0 Å². The number of nitrogens with one attached hydrogen (secondary N) is 1. The zero-order valence-corrected chi connectivity index (χ0v) is 16.0. The molecule has 26 heavy (non-hydrogen) atoms. The average Bonchev–Trinajstić information content (AvgIpc) is 2.66. The lowest BCUT2D eigenvalue weighted by Gasteiger charge is -2.24. The summed E-state index contributed by atoms with van der Waals surface area (Å²) in [5, 5.41) is 0. The van der Waals surface area contributed by atoms with Gasteiger partial charge in [0.2, 0.25) is 15.9 Å². The number of likely N-dealkylation sites (N-methyl/N-ethyl adjacent to an activating group) is 1. The van der Waals surface area contributed by atoms with Gasteiger partial charge in [0.1, 0.15) is 0 Å². The van der Waals surface area contributed by atoms with Crippen molar-refractivity contribution in [1.29, 1.82) is 0 Å². The molecule has 0 unspecified atom stereocenters. The van der Waals surface area contributed by atoms with Gasteiger partial charge in [0, 0.05) is 44.5 Å². The number of carbonyl (C=O) groups excluding carboxylic acids is 1. The normalized spacial score (nSPS) is 12.6. The maximum atomic E-state index is 12.4. The van der Waals surface area contributed by atoms with Crippen molar-refractivity contribution in [1.82, 2.24) is 19.6 Å². The lowest BCUT2D eigenvalue weighted by atomic mass is 10.1. The summed E-state index contributed by atoms with van der Waals surface area (Å²) in [6.07, 6.45) is 6.53. The van der Waals surface area contributed by atoms with Gasteiger partial charge in [-0.15, -0.1) is 0 Å². The van der Waals surface area contributed by atoms with Gasteiger partial charge in [0.15, 0.2) is 0 Å². The fraction of sp³-hybridized carbons (Fsp3) is 0.389. The van der Waals surface area contributed by atoms with E-state index in [0.717, 1.165) is 11.3 Å². The van der Waals surface area contributed by atoms with Crippen molar-refractivity contribution in [2.75, 3.05) is 14.1 Å². The SMILES string of the molecule is CNS(=O)(=O)c1ccc(CCC(=O)N(C)[C@@H](C)Cc2cnccn2)cc1. The first-order chi connectivity index (χ1) is 12.3. The Labute approximate surface area is 154 Å². The van der Waals surface area contributed by atoms with Gasteiger partial charge in [-0.3, -0.25) is 14.8 Å². The fourth-order valence-corrected chi connectivity index (χ4v) is 3.23. The van der Waals surface area contributed by atoms with Crippen LogP contribution in [0.25, 0.3) is 0 Å². The van der Waals surface area contributed by atoms with Gasteiger partial charge in [-0.2, -0.15) is 0 Å². The third-order valence-electron chi connectivity index (χ3n) is 4.31. The lowest BCUT2D eigenvalue weighted by molar-refractivity contribution is -0.131. The average molecular weight is 376 g/mol. The number of hydrogen-bond donors (Lipinski definition) is 1. The standard InChI is InChI=1S/C18H24N4O3S/c1-14(12-16-13-20-10-11-21-16)22(3)18(23)9-6-15-4-7-17(8-5-15)26(24,25)19-2/h4-5,7-8,10-11,13-14,19H,6,9,12H2,1-3H3/t14-/m0/s1. The highest BCUT2D eigenvalue weighted by molar-refractivity contribution is 7.89. The van der Waals surface area contributed by atoms with Crippen LogP contribution in [-0.4, -0.2) is 49.3 Å². The maximum Gasteiger partial charge on any atom is 0.240 e. The van der Waals surface area contributed by atoms with Crippen LogP contribution in [0.1, 0.15) is 24.6 Å². The zero-order chi connectivity index (χ0) is 19.2. The summed E-state index contributed by atoms with van der Waals surface area (Å²) in [6.45, 7) is 1.98. The Morgan fingerprint density at radius 1 is 1.23 bits per heavy atom. The first-order valence-electron chi connectivity index (χ1n) is 8.36. The summed E-state index contributed by atoms with van der Waals surface area (Å²) in [5.74, 6) is 0.0355. The number of aryl methyl sites for hydroxylation is 1. The first-order valence-corrected chi connectivity index (χ1v) is 9.85. The van der Waals surface area contributed by atoms with Crippen LogP contribution in [0.15, 0.2) is 47.8 Å². The number of sulfonamides is 1. The van der Waals surface area contributed by atoms with Crippen molar-refractivity contribution in [3.63, 3.8) is 0 Å². The molecular formula is C18H24N4O3S. The summed E-state index contributed by atoms with van der Waals surface area (Å²) >= 11 is 0. The van der Waals surface area contributed by atoms with Crippen LogP contribution < -0.4 is 4.72 Å². The monoisotopic (exact) mass is 376 g/mol. The van der Waals surface area contributed by atoms with Gasteiger partial charge in [0.05, 0.1) is 10.6 Å². The number of aromatic nitrogens is 2. The van der Waals surface area contributed by atoms with Crippen LogP contribution in [0.5, 0.6) is 0 Å². The van der Waals surface area contributed by atoms with Crippen LogP contribution in [0.3, 0.4) is 0 Å². The molecule has 7 nitrogen and oxygen atoms in total. The van der Waals surface area contributed by atoms with Crippen LogP contribution in [-0.2, 0) is 27.7 Å². The van der Waals surface area contributed by atoms with E-state index in [4.69, 9.17) is 0 Å². The van der Waals surface area contributed by atoms with Crippen molar-refractivity contribution >= 4 is 15.9 Å². The number of rotatable bonds is 8. The first kappa shape index (κ1) is 20.0. The largest absolute Gasteiger partial charge is 0.343 e. The quantitative estimate of drug-likeness (QED) is 0.752. The molecule has 0 spiro atoms. The van der Waals surface area contributed by atoms with E-state index in [0.29, 0.717) is 19.3 Å². The molecule has 0 bridgehead atoms. The maximum absolute atomic E-state index is 12.4. The van der Waals surface area contributed by atoms with Gasteiger partial charge in [-0.1, -0.05) is 12.1 Å². The Morgan fingerprint density at radius 3 is 2.50 bits per heavy atom. The van der Waals surface area contributed by atoms with Gasteiger partial charge < -0.3 is 4.90 Å². The molecule has 2 aromatic rings. The number of carbonyl (C=O) groups is 1. The Bertz CT molecular complexity index is 823. The van der Waals surface area contributed by atoms with Crippen molar-refractivity contribution in [2.45, 2.75) is 37.1 Å². The lowest BCUT2D eigenvalue weighted by Crippen LogP contribution is -2.36. The summed E-state index contributed by atoms with van der Waals surface area (Å²) in [5.41, 5.74) is 1.77. The van der Waals surface area contributed by atoms with Crippen molar-refractivity contribution in [3.8, 4) is 0 Å². The molecule has 140 valence electrons. The van der Waals surface area contributed by atoms with Gasteiger partial charge in [-0.05, 0) is 38.1 Å². The molecule has 1 aromatic carbocycles. The predicted octanol–water partition coefficient (Wildman–Crippen LogP) is 1.41. The van der Waals surface area contributed by atoms with Gasteiger partial charge in [0.25, 0.3) is 0 Å². The van der Waals surface area contributed by atoms with Crippen LogP contribution >= 0.6 is 0 Å². The van der Waals surface area contributed by atoms with Crippen molar-refractivity contribution < 1.29 is 13.2 Å². The molecular weight excluding hydrogens is 352 g/mol. The Morgan fingerprint density at radius 2 is 1.92 bits per heavy atom. The highest BCUT2D eigenvalue weighted by atomic mass is 32.2. The van der Waals surface area contributed by atoms with Crippen LogP contribution in [0.2, 0.25) is 0 Å². The highest BCUT2D eigenvalue weighted by Gasteiger charge is 2.17. The molecule has 1 amide bonds. The molecule has 1 heterocycles. The molecule has 1 atom stereocenters. The van der Waals surface area contributed by atoms with Crippen molar-refractivity contribution in [2.24, 2.45) is 0 Å². The van der Waals surface area contributed by atoms with Crippen molar-refractivity contribution in [3.05, 3.63) is 54.1 Å². The van der Waals surface area contributed by atoms with Crippen LogP contribution in [0.4, 0.5) is 0 Å². The minimum atomic E-state index is -3.44. The molecule has 8 heteroatoms. The van der Waals surface area contributed by atoms with Gasteiger partial charge in [-0.25, -0.2) is 13.1 Å². The Kier molecular flexibility index (Phi) is 6.82. The molecule has 2 rings (SSSR count). The molecule has 0 saturated carbocycles. The Hall–Kier alpha value is -2.32. The van der Waals surface area contributed by atoms with E-state index in [9.17, 15) is 13.2 Å². The zero-order valence-electron chi connectivity index (χ0n) is 15.2. The molecule has 1 aromatic heterocycles.